The summed E-state index contributed by atoms with van der Waals surface area (Å²) < 4.78 is 58.7. The third-order valence-corrected chi connectivity index (χ3v) is 3.91. The van der Waals surface area contributed by atoms with Crippen molar-refractivity contribution in [2.75, 3.05) is 6.61 Å². The number of ketones is 1. The van der Waals surface area contributed by atoms with Crippen LogP contribution in [0.5, 0.6) is 0 Å². The normalized spacial score (nSPS) is 14.5. The molecule has 0 aromatic heterocycles. The van der Waals surface area contributed by atoms with E-state index in [9.17, 15) is 27.2 Å². The zero-order chi connectivity index (χ0) is 18.0. The summed E-state index contributed by atoms with van der Waals surface area (Å²) in [6.07, 6.45) is 2.55. The Bertz CT molecular complexity index is 703. The van der Waals surface area contributed by atoms with Gasteiger partial charge < -0.3 is 10.1 Å². The third kappa shape index (κ3) is 3.61. The zero-order valence-electron chi connectivity index (χ0n) is 12.4. The van der Waals surface area contributed by atoms with Crippen LogP contribution < -0.4 is 5.32 Å². The van der Waals surface area contributed by atoms with E-state index in [4.69, 9.17) is 0 Å². The lowest BCUT2D eigenvalue weighted by atomic mass is 10.0. The number of hydrogen-bond donors (Lipinski definition) is 1. The maximum absolute atomic E-state index is 13.9. The van der Waals surface area contributed by atoms with E-state index in [0.717, 1.165) is 19.0 Å². The maximum atomic E-state index is 13.9. The molecule has 0 amide bonds. The Morgan fingerprint density at radius 1 is 1.17 bits per heavy atom. The number of ether oxygens (including phenoxy) is 1. The molecule has 0 atom stereocenters. The van der Waals surface area contributed by atoms with Gasteiger partial charge in [0.25, 0.3) is 0 Å². The monoisotopic (exact) mass is 409 g/mol. The Morgan fingerprint density at radius 2 is 1.71 bits per heavy atom. The van der Waals surface area contributed by atoms with Crippen LogP contribution in [-0.4, -0.2) is 24.4 Å². The molecule has 0 spiro atoms. The van der Waals surface area contributed by atoms with Crippen LogP contribution in [0.2, 0.25) is 0 Å². The maximum Gasteiger partial charge on any atom is 0.343 e. The highest BCUT2D eigenvalue weighted by Gasteiger charge is 2.33. The Labute approximate surface area is 143 Å². The third-order valence-electron chi connectivity index (χ3n) is 3.22. The van der Waals surface area contributed by atoms with E-state index in [1.807, 2.05) is 0 Å². The Morgan fingerprint density at radius 3 is 2.17 bits per heavy atom. The van der Waals surface area contributed by atoms with Crippen LogP contribution in [-0.2, 0) is 9.53 Å². The molecule has 24 heavy (non-hydrogen) atoms. The highest BCUT2D eigenvalue weighted by Crippen LogP contribution is 2.30. The van der Waals surface area contributed by atoms with Gasteiger partial charge in [-0.2, -0.15) is 0 Å². The molecule has 1 aromatic carbocycles. The number of halogens is 5. The van der Waals surface area contributed by atoms with Crippen LogP contribution in [0, 0.1) is 23.3 Å². The summed E-state index contributed by atoms with van der Waals surface area (Å²) in [7, 11) is 0. The van der Waals surface area contributed by atoms with Gasteiger partial charge in [-0.15, -0.1) is 0 Å². The van der Waals surface area contributed by atoms with Crippen molar-refractivity contribution in [2.45, 2.75) is 25.8 Å². The lowest BCUT2D eigenvalue weighted by molar-refractivity contribution is -0.138. The fourth-order valence-electron chi connectivity index (χ4n) is 1.82. The standard InChI is InChI=1S/C15H12BrF4NO3/c1-2-24-15(23)7(5-21-6-3-4-6)14(22)8-10(17)12(19)9(16)13(20)11(8)18/h5-6,21H,2-4H2,1H3/b7-5-. The molecular weight excluding hydrogens is 398 g/mol. The molecule has 0 radical (unpaired) electrons. The second kappa shape index (κ2) is 7.33. The fraction of sp³-hybridized carbons (Fsp3) is 0.333. The average Bonchev–Trinajstić information content (AvgIpc) is 3.36. The predicted octanol–water partition coefficient (Wildman–Crippen LogP) is 3.39. The Hall–Kier alpha value is -1.90. The van der Waals surface area contributed by atoms with E-state index < -0.39 is 50.6 Å². The van der Waals surface area contributed by atoms with E-state index in [2.05, 4.69) is 26.0 Å². The van der Waals surface area contributed by atoms with Gasteiger partial charge in [-0.3, -0.25) is 4.79 Å². The number of nitrogens with one attached hydrogen (secondary N) is 1. The average molecular weight is 410 g/mol. The topological polar surface area (TPSA) is 55.4 Å². The number of hydrogen-bond acceptors (Lipinski definition) is 4. The minimum Gasteiger partial charge on any atom is -0.462 e. The highest BCUT2D eigenvalue weighted by molar-refractivity contribution is 9.10. The van der Waals surface area contributed by atoms with Crippen LogP contribution in [0.15, 0.2) is 16.2 Å². The molecule has 0 saturated heterocycles. The summed E-state index contributed by atoms with van der Waals surface area (Å²) >= 11 is 2.35. The van der Waals surface area contributed by atoms with Crippen molar-refractivity contribution >= 4 is 27.7 Å². The van der Waals surface area contributed by atoms with Crippen molar-refractivity contribution in [3.63, 3.8) is 0 Å². The molecule has 0 aliphatic heterocycles. The number of carbonyl (C=O) groups is 2. The molecule has 0 heterocycles. The summed E-state index contributed by atoms with van der Waals surface area (Å²) in [6.45, 7) is 1.37. The number of esters is 1. The van der Waals surface area contributed by atoms with Gasteiger partial charge >= 0.3 is 5.97 Å². The zero-order valence-corrected chi connectivity index (χ0v) is 14.0. The largest absolute Gasteiger partial charge is 0.462 e. The molecule has 130 valence electrons. The fourth-order valence-corrected chi connectivity index (χ4v) is 2.16. The van der Waals surface area contributed by atoms with Gasteiger partial charge in [0.05, 0.1) is 11.1 Å². The molecule has 0 unspecified atom stereocenters. The molecule has 1 N–H and O–H groups in total. The summed E-state index contributed by atoms with van der Waals surface area (Å²) in [4.78, 5) is 24.2. The van der Waals surface area contributed by atoms with Crippen molar-refractivity contribution in [3.8, 4) is 0 Å². The lowest BCUT2D eigenvalue weighted by Crippen LogP contribution is -2.23. The highest BCUT2D eigenvalue weighted by atomic mass is 79.9. The predicted molar refractivity (Wildman–Crippen MR) is 79.2 cm³/mol. The first-order valence-electron chi connectivity index (χ1n) is 6.99. The quantitative estimate of drug-likeness (QED) is 0.114. The van der Waals surface area contributed by atoms with Gasteiger partial charge in [0.2, 0.25) is 5.78 Å². The number of Topliss-reactive ketones (excluding diaryl/α,β-unsaturated/α-hetero) is 1. The van der Waals surface area contributed by atoms with Gasteiger partial charge in [0.15, 0.2) is 23.3 Å². The first kappa shape index (κ1) is 18.4. The smallest absolute Gasteiger partial charge is 0.343 e. The molecule has 4 nitrogen and oxygen atoms in total. The van der Waals surface area contributed by atoms with Crippen LogP contribution in [0.25, 0.3) is 0 Å². The second-order valence-electron chi connectivity index (χ2n) is 4.99. The number of rotatable bonds is 6. The van der Waals surface area contributed by atoms with Crippen molar-refractivity contribution < 1.29 is 31.9 Å². The summed E-state index contributed by atoms with van der Waals surface area (Å²) in [5.41, 5.74) is -2.24. The first-order chi connectivity index (χ1) is 11.3. The summed E-state index contributed by atoms with van der Waals surface area (Å²) in [5.74, 6) is -9.99. The Kier molecular flexibility index (Phi) is 5.63. The van der Waals surface area contributed by atoms with Gasteiger partial charge in [0, 0.05) is 12.2 Å². The lowest BCUT2D eigenvalue weighted by Gasteiger charge is -2.11. The summed E-state index contributed by atoms with van der Waals surface area (Å²) in [5, 5.41) is 2.70. The van der Waals surface area contributed by atoms with Crippen LogP contribution in [0.4, 0.5) is 17.6 Å². The second-order valence-corrected chi connectivity index (χ2v) is 5.79. The number of carbonyl (C=O) groups excluding carboxylic acids is 2. The van der Waals surface area contributed by atoms with Gasteiger partial charge in [-0.1, -0.05) is 0 Å². The van der Waals surface area contributed by atoms with E-state index in [0.29, 0.717) is 0 Å². The molecule has 2 rings (SSSR count). The SMILES string of the molecule is CCOC(=O)/C(=C\NC1CC1)C(=O)c1c(F)c(F)c(Br)c(F)c1F. The van der Waals surface area contributed by atoms with E-state index in [-0.39, 0.29) is 12.6 Å². The minimum absolute atomic E-state index is 0.0234. The number of benzene rings is 1. The molecule has 1 aromatic rings. The van der Waals surface area contributed by atoms with Gasteiger partial charge in [-0.25, -0.2) is 22.4 Å². The first-order valence-corrected chi connectivity index (χ1v) is 7.78. The molecule has 0 bridgehead atoms. The van der Waals surface area contributed by atoms with E-state index >= 15 is 0 Å². The molecule has 9 heteroatoms. The summed E-state index contributed by atoms with van der Waals surface area (Å²) in [6, 6.07) is 0.0234. The molecular formula is C15H12BrF4NO3. The van der Waals surface area contributed by atoms with Crippen LogP contribution >= 0.6 is 15.9 Å². The van der Waals surface area contributed by atoms with Crippen LogP contribution in [0.3, 0.4) is 0 Å². The van der Waals surface area contributed by atoms with Gasteiger partial charge in [-0.05, 0) is 35.7 Å². The van der Waals surface area contributed by atoms with Crippen molar-refractivity contribution in [1.29, 1.82) is 0 Å². The van der Waals surface area contributed by atoms with Crippen molar-refractivity contribution in [3.05, 3.63) is 45.1 Å². The van der Waals surface area contributed by atoms with Crippen molar-refractivity contribution in [2.24, 2.45) is 0 Å². The van der Waals surface area contributed by atoms with Gasteiger partial charge in [0.1, 0.15) is 11.1 Å². The van der Waals surface area contributed by atoms with Crippen LogP contribution in [0.1, 0.15) is 30.1 Å². The van der Waals surface area contributed by atoms with E-state index in [1.165, 1.54) is 6.92 Å². The molecule has 1 aliphatic rings. The molecule has 1 fully saturated rings. The van der Waals surface area contributed by atoms with E-state index in [1.54, 1.807) is 0 Å². The molecule has 1 saturated carbocycles. The minimum atomic E-state index is -1.90. The Balaban J connectivity index is 2.50. The van der Waals surface area contributed by atoms with Crippen molar-refractivity contribution in [1.82, 2.24) is 5.32 Å². The molecule has 1 aliphatic carbocycles.